The zero-order valence-electron chi connectivity index (χ0n) is 17.3. The maximum Gasteiger partial charge on any atom is 0.319 e. The summed E-state index contributed by atoms with van der Waals surface area (Å²) in [5.74, 6) is -5.65. The number of carbonyl (C=O) groups excluding carboxylic acids is 2. The van der Waals surface area contributed by atoms with Gasteiger partial charge in [0.2, 0.25) is 0 Å². The highest BCUT2D eigenvalue weighted by molar-refractivity contribution is 5.91. The molecule has 0 bridgehead atoms. The van der Waals surface area contributed by atoms with Crippen LogP contribution in [0.5, 0.6) is 0 Å². The van der Waals surface area contributed by atoms with Crippen LogP contribution in [-0.4, -0.2) is 25.6 Å². The van der Waals surface area contributed by atoms with Crippen LogP contribution < -0.4 is 22.2 Å². The van der Waals surface area contributed by atoms with E-state index in [1.807, 2.05) is 0 Å². The topological polar surface area (TPSA) is 147 Å². The molecule has 0 aliphatic carbocycles. The second kappa shape index (κ2) is 9.20. The fraction of sp³-hybridized carbons (Fsp3) is 0.190. The average Bonchev–Trinajstić information content (AvgIpc) is 2.76. The maximum absolute atomic E-state index is 15.5. The molecule has 12 heteroatoms. The third kappa shape index (κ3) is 4.60. The molecule has 2 aromatic carbocycles. The average molecular weight is 465 g/mol. The molecule has 174 valence electrons. The highest BCUT2D eigenvalue weighted by Crippen LogP contribution is 2.35. The third-order valence-corrected chi connectivity index (χ3v) is 4.62. The number of nitrogen functional groups attached to an aromatic ring is 2. The van der Waals surface area contributed by atoms with Crippen LogP contribution in [0.2, 0.25) is 0 Å². The van der Waals surface area contributed by atoms with E-state index in [4.69, 9.17) is 20.6 Å². The van der Waals surface area contributed by atoms with Gasteiger partial charge in [0.15, 0.2) is 28.9 Å². The van der Waals surface area contributed by atoms with Crippen LogP contribution in [0, 0.1) is 17.5 Å². The van der Waals surface area contributed by atoms with E-state index in [0.29, 0.717) is 0 Å². The quantitative estimate of drug-likeness (QED) is 0.284. The summed E-state index contributed by atoms with van der Waals surface area (Å²) < 4.78 is 59.2. The van der Waals surface area contributed by atoms with Gasteiger partial charge in [-0.2, -0.15) is 0 Å². The molecule has 3 aromatic rings. The number of anilines is 2. The highest BCUT2D eigenvalue weighted by Gasteiger charge is 2.30. The van der Waals surface area contributed by atoms with Crippen molar-refractivity contribution in [1.29, 1.82) is 0 Å². The largest absolute Gasteiger partial charge is 0.468 e. The zero-order valence-corrected chi connectivity index (χ0v) is 17.3. The fourth-order valence-corrected chi connectivity index (χ4v) is 3.05. The molecule has 0 saturated carbocycles. The number of carbonyl (C=O) groups is 2. The van der Waals surface area contributed by atoms with E-state index >= 15 is 8.78 Å². The molecular weight excluding hydrogens is 447 g/mol. The number of halogens is 3. The molecule has 0 radical (unpaired) electrons. The minimum Gasteiger partial charge on any atom is -0.468 e. The number of methoxy groups -OCH3 is 1. The summed E-state index contributed by atoms with van der Waals surface area (Å²) in [5, 5.41) is 1.72. The third-order valence-electron chi connectivity index (χ3n) is 4.62. The van der Waals surface area contributed by atoms with E-state index in [9.17, 15) is 18.8 Å². The van der Waals surface area contributed by atoms with E-state index in [1.165, 1.54) is 12.1 Å². The minimum absolute atomic E-state index is 0.0462. The molecule has 0 aliphatic heterocycles. The molecule has 33 heavy (non-hydrogen) atoms. The van der Waals surface area contributed by atoms with Crippen molar-refractivity contribution in [3.8, 4) is 11.3 Å². The Labute approximate surface area is 184 Å². The van der Waals surface area contributed by atoms with Gasteiger partial charge in [-0.25, -0.2) is 13.2 Å². The summed E-state index contributed by atoms with van der Waals surface area (Å²) in [5.41, 5.74) is 7.69. The van der Waals surface area contributed by atoms with Crippen LogP contribution in [-0.2, 0) is 19.1 Å². The van der Waals surface area contributed by atoms with Crippen molar-refractivity contribution in [3.05, 3.63) is 57.5 Å². The first-order valence-electron chi connectivity index (χ1n) is 9.32. The Hall–Kier alpha value is -4.06. The van der Waals surface area contributed by atoms with Crippen LogP contribution in [0.1, 0.15) is 18.7 Å². The zero-order chi connectivity index (χ0) is 24.4. The predicted molar refractivity (Wildman–Crippen MR) is 111 cm³/mol. The number of rotatable bonds is 6. The lowest BCUT2D eigenvalue weighted by Crippen LogP contribution is -2.32. The van der Waals surface area contributed by atoms with Gasteiger partial charge in [0.05, 0.1) is 36.0 Å². The normalized spacial score (nSPS) is 11.9. The predicted octanol–water partition coefficient (Wildman–Crippen LogP) is 2.37. The van der Waals surface area contributed by atoms with Crippen LogP contribution in [0.25, 0.3) is 22.3 Å². The summed E-state index contributed by atoms with van der Waals surface area (Å²) in [6.45, 7) is 0.390. The first-order valence-corrected chi connectivity index (χ1v) is 9.32. The number of esters is 2. The van der Waals surface area contributed by atoms with E-state index in [0.717, 1.165) is 26.2 Å². The van der Waals surface area contributed by atoms with Gasteiger partial charge in [-0.1, -0.05) is 0 Å². The molecule has 0 spiro atoms. The Bertz CT molecular complexity index is 1330. The molecule has 0 saturated heterocycles. The van der Waals surface area contributed by atoms with Crippen molar-refractivity contribution in [2.75, 3.05) is 25.1 Å². The number of nitrogens with two attached hydrogens (primary N) is 2. The standard InChI is InChI=1S/C21H18F3N3O6/c1-8(28)32-21(27-7-14(30)31-2)16-17(23)19(26)15-12(29)6-13(33-20(15)18(16)24)9-3-4-11(25)10(22)5-9/h3-6,21,27H,7,25-26H2,1-2H3. The van der Waals surface area contributed by atoms with Crippen molar-refractivity contribution < 1.29 is 36.7 Å². The van der Waals surface area contributed by atoms with Crippen LogP contribution in [0.3, 0.4) is 0 Å². The van der Waals surface area contributed by atoms with E-state index in [2.05, 4.69) is 10.1 Å². The Morgan fingerprint density at radius 2 is 1.85 bits per heavy atom. The van der Waals surface area contributed by atoms with Gasteiger partial charge in [-0.15, -0.1) is 0 Å². The fourth-order valence-electron chi connectivity index (χ4n) is 3.05. The van der Waals surface area contributed by atoms with Gasteiger partial charge in [0, 0.05) is 18.6 Å². The summed E-state index contributed by atoms with van der Waals surface area (Å²) in [7, 11) is 1.08. The van der Waals surface area contributed by atoms with Crippen molar-refractivity contribution in [2.45, 2.75) is 13.2 Å². The van der Waals surface area contributed by atoms with Crippen molar-refractivity contribution in [3.63, 3.8) is 0 Å². The molecule has 1 unspecified atom stereocenters. The number of fused-ring (bicyclic) bond motifs is 1. The minimum atomic E-state index is -1.82. The molecule has 5 N–H and O–H groups in total. The van der Waals surface area contributed by atoms with Crippen molar-refractivity contribution >= 4 is 34.3 Å². The van der Waals surface area contributed by atoms with E-state index < -0.39 is 69.8 Å². The molecule has 3 rings (SSSR count). The molecule has 0 aliphatic rings. The lowest BCUT2D eigenvalue weighted by molar-refractivity contribution is -0.151. The molecule has 1 heterocycles. The van der Waals surface area contributed by atoms with Gasteiger partial charge >= 0.3 is 11.9 Å². The molecular formula is C21H18F3N3O6. The summed E-state index contributed by atoms with van der Waals surface area (Å²) in [6, 6.07) is 4.39. The molecule has 1 aromatic heterocycles. The van der Waals surface area contributed by atoms with Gasteiger partial charge in [0.1, 0.15) is 11.6 Å². The summed E-state index contributed by atoms with van der Waals surface area (Å²) in [4.78, 5) is 35.5. The molecule has 1 atom stereocenters. The summed E-state index contributed by atoms with van der Waals surface area (Å²) >= 11 is 0. The van der Waals surface area contributed by atoms with Gasteiger partial charge < -0.3 is 25.4 Å². The second-order valence-electron chi connectivity index (χ2n) is 6.82. The number of ether oxygens (including phenoxy) is 2. The number of hydrogen-bond donors (Lipinski definition) is 3. The maximum atomic E-state index is 15.5. The Balaban J connectivity index is 2.25. The molecule has 9 nitrogen and oxygen atoms in total. The van der Waals surface area contributed by atoms with Gasteiger partial charge in [-0.3, -0.25) is 19.7 Å². The lowest BCUT2D eigenvalue weighted by atomic mass is 10.0. The van der Waals surface area contributed by atoms with E-state index in [1.54, 1.807) is 0 Å². The van der Waals surface area contributed by atoms with E-state index in [-0.39, 0.29) is 17.0 Å². The monoisotopic (exact) mass is 465 g/mol. The molecule has 0 fully saturated rings. The smallest absolute Gasteiger partial charge is 0.319 e. The van der Waals surface area contributed by atoms with Crippen LogP contribution in [0.4, 0.5) is 24.5 Å². The Kier molecular flexibility index (Phi) is 6.58. The Morgan fingerprint density at radius 3 is 2.45 bits per heavy atom. The number of hydrogen-bond acceptors (Lipinski definition) is 9. The number of benzene rings is 2. The number of nitrogens with one attached hydrogen (secondary N) is 1. The summed E-state index contributed by atoms with van der Waals surface area (Å²) in [6.07, 6.45) is -1.82. The first kappa shape index (κ1) is 23.6. The van der Waals surface area contributed by atoms with Crippen LogP contribution in [0.15, 0.2) is 33.5 Å². The molecule has 0 amide bonds. The first-order chi connectivity index (χ1) is 15.5. The van der Waals surface area contributed by atoms with Crippen LogP contribution >= 0.6 is 0 Å². The second-order valence-corrected chi connectivity index (χ2v) is 6.82. The SMILES string of the molecule is COC(=O)CNC(OC(C)=O)c1c(F)c(N)c2c(=O)cc(-c3ccc(N)c(F)c3)oc2c1F. The van der Waals surface area contributed by atoms with Gasteiger partial charge in [-0.05, 0) is 18.2 Å². The van der Waals surface area contributed by atoms with Gasteiger partial charge in [0.25, 0.3) is 0 Å². The van der Waals surface area contributed by atoms with Crippen molar-refractivity contribution in [1.82, 2.24) is 5.32 Å². The Morgan fingerprint density at radius 1 is 1.15 bits per heavy atom. The highest BCUT2D eigenvalue weighted by atomic mass is 19.1. The lowest BCUT2D eigenvalue weighted by Gasteiger charge is -2.21. The van der Waals surface area contributed by atoms with Crippen molar-refractivity contribution in [2.24, 2.45) is 0 Å².